The Hall–Kier alpha value is -0.560. The van der Waals surface area contributed by atoms with Gasteiger partial charge >= 0.3 is 0 Å². The van der Waals surface area contributed by atoms with Crippen molar-refractivity contribution in [1.82, 2.24) is 0 Å². The second-order valence-corrected chi connectivity index (χ2v) is 3.76. The van der Waals surface area contributed by atoms with Crippen LogP contribution in [0.1, 0.15) is 32.6 Å². The number of hydrogen-bond donors (Lipinski definition) is 1. The van der Waals surface area contributed by atoms with Gasteiger partial charge in [-0.1, -0.05) is 31.6 Å². The molecule has 0 aliphatic heterocycles. The summed E-state index contributed by atoms with van der Waals surface area (Å²) < 4.78 is 0. The summed E-state index contributed by atoms with van der Waals surface area (Å²) in [6, 6.07) is 0. The van der Waals surface area contributed by atoms with Crippen molar-refractivity contribution in [3.63, 3.8) is 0 Å². The first-order chi connectivity index (χ1) is 5.63. The Bertz CT molecular complexity index is 193. The highest BCUT2D eigenvalue weighted by Gasteiger charge is 2.25. The average molecular weight is 166 g/mol. The van der Waals surface area contributed by atoms with Crippen LogP contribution in [0.25, 0.3) is 0 Å². The molecule has 0 aromatic rings. The van der Waals surface area contributed by atoms with Crippen molar-refractivity contribution >= 4 is 0 Å². The lowest BCUT2D eigenvalue weighted by Gasteiger charge is -2.29. The lowest BCUT2D eigenvalue weighted by atomic mass is 9.80. The summed E-state index contributed by atoms with van der Waals surface area (Å²) in [5, 5.41) is 9.69. The van der Waals surface area contributed by atoms with Gasteiger partial charge in [-0.3, -0.25) is 0 Å². The zero-order chi connectivity index (χ0) is 9.14. The lowest BCUT2D eigenvalue weighted by Crippen LogP contribution is -2.25. The minimum absolute atomic E-state index is 0.178. The van der Waals surface area contributed by atoms with E-state index in [1.807, 2.05) is 6.92 Å². The fourth-order valence-electron chi connectivity index (χ4n) is 1.83. The molecule has 0 aromatic heterocycles. The second kappa shape index (κ2) is 3.90. The normalized spacial score (nSPS) is 29.8. The van der Waals surface area contributed by atoms with Gasteiger partial charge in [-0.25, -0.2) is 0 Å². The summed E-state index contributed by atoms with van der Waals surface area (Å²) in [5.41, 5.74) is 2.06. The first kappa shape index (κ1) is 9.53. The summed E-state index contributed by atoms with van der Waals surface area (Å²) in [4.78, 5) is 0. The highest BCUT2D eigenvalue weighted by molar-refractivity contribution is 5.26. The van der Waals surface area contributed by atoms with Gasteiger partial charge in [-0.15, -0.1) is 0 Å². The lowest BCUT2D eigenvalue weighted by molar-refractivity contribution is 0.0886. The Morgan fingerprint density at radius 3 is 2.33 bits per heavy atom. The van der Waals surface area contributed by atoms with Crippen LogP contribution in [0.5, 0.6) is 0 Å². The molecule has 0 amide bonds. The quantitative estimate of drug-likeness (QED) is 0.625. The number of rotatable bonds is 2. The van der Waals surface area contributed by atoms with E-state index in [-0.39, 0.29) is 12.0 Å². The van der Waals surface area contributed by atoms with Crippen LogP contribution in [0.15, 0.2) is 24.3 Å². The van der Waals surface area contributed by atoms with Crippen LogP contribution < -0.4 is 0 Å². The fraction of sp³-hybridized carbons (Fsp3) is 0.636. The van der Waals surface area contributed by atoms with Crippen molar-refractivity contribution in [2.75, 3.05) is 0 Å². The van der Waals surface area contributed by atoms with Crippen molar-refractivity contribution < 1.29 is 5.11 Å². The van der Waals surface area contributed by atoms with E-state index in [9.17, 15) is 5.11 Å². The van der Waals surface area contributed by atoms with E-state index in [0.29, 0.717) is 0 Å². The molecule has 1 aliphatic rings. The molecule has 0 spiro atoms. The molecule has 2 unspecified atom stereocenters. The zero-order valence-corrected chi connectivity index (χ0v) is 7.84. The maximum absolute atomic E-state index is 9.69. The molecule has 1 fully saturated rings. The molecule has 0 aromatic carbocycles. The third-order valence-corrected chi connectivity index (χ3v) is 2.73. The molecule has 1 heteroatoms. The first-order valence-electron chi connectivity index (χ1n) is 4.65. The van der Waals surface area contributed by atoms with E-state index in [4.69, 9.17) is 0 Å². The Morgan fingerprint density at radius 1 is 1.25 bits per heavy atom. The predicted molar refractivity (Wildman–Crippen MR) is 51.9 cm³/mol. The van der Waals surface area contributed by atoms with Crippen LogP contribution in [-0.2, 0) is 0 Å². The molecule has 0 radical (unpaired) electrons. The third kappa shape index (κ3) is 1.98. The Balaban J connectivity index is 2.59. The summed E-state index contributed by atoms with van der Waals surface area (Å²) >= 11 is 0. The monoisotopic (exact) mass is 166 g/mol. The number of hydrogen-bond acceptors (Lipinski definition) is 1. The Morgan fingerprint density at radius 2 is 1.83 bits per heavy atom. The van der Waals surface area contributed by atoms with Crippen LogP contribution in [0.4, 0.5) is 0 Å². The molecular weight excluding hydrogens is 148 g/mol. The van der Waals surface area contributed by atoms with Crippen molar-refractivity contribution in [1.29, 1.82) is 0 Å². The van der Waals surface area contributed by atoms with Gasteiger partial charge in [-0.2, -0.15) is 0 Å². The molecule has 2 atom stereocenters. The van der Waals surface area contributed by atoms with Gasteiger partial charge in [0, 0.05) is 5.92 Å². The smallest absolute Gasteiger partial charge is 0.0608 e. The van der Waals surface area contributed by atoms with Gasteiger partial charge in [0.15, 0.2) is 0 Å². The molecule has 0 saturated heterocycles. The van der Waals surface area contributed by atoms with Gasteiger partial charge in [0.1, 0.15) is 0 Å². The van der Waals surface area contributed by atoms with Crippen molar-refractivity contribution in [3.05, 3.63) is 24.3 Å². The van der Waals surface area contributed by atoms with Crippen LogP contribution in [0.3, 0.4) is 0 Å². The van der Waals surface area contributed by atoms with Gasteiger partial charge in [0.05, 0.1) is 6.10 Å². The van der Waals surface area contributed by atoms with Crippen molar-refractivity contribution in [2.24, 2.45) is 5.92 Å². The van der Waals surface area contributed by atoms with Crippen molar-refractivity contribution in [2.45, 2.75) is 38.7 Å². The minimum atomic E-state index is -0.178. The molecule has 1 aliphatic carbocycles. The molecule has 1 saturated carbocycles. The fourth-order valence-corrected chi connectivity index (χ4v) is 1.83. The summed E-state index contributed by atoms with van der Waals surface area (Å²) in [6.45, 7) is 9.78. The van der Waals surface area contributed by atoms with Crippen LogP contribution in [0, 0.1) is 5.92 Å². The predicted octanol–water partition coefficient (Wildman–Crippen LogP) is 2.67. The third-order valence-electron chi connectivity index (χ3n) is 2.73. The maximum atomic E-state index is 9.69. The Labute approximate surface area is 74.8 Å². The first-order valence-corrected chi connectivity index (χ1v) is 4.65. The summed E-state index contributed by atoms with van der Waals surface area (Å²) in [5.74, 6) is 0.274. The van der Waals surface area contributed by atoms with Crippen LogP contribution >= 0.6 is 0 Å². The van der Waals surface area contributed by atoms with E-state index in [1.54, 1.807) is 0 Å². The molecule has 0 bridgehead atoms. The van der Waals surface area contributed by atoms with E-state index < -0.39 is 0 Å². The van der Waals surface area contributed by atoms with Crippen molar-refractivity contribution in [3.8, 4) is 0 Å². The second-order valence-electron chi connectivity index (χ2n) is 3.76. The zero-order valence-electron chi connectivity index (χ0n) is 7.84. The molecular formula is C11H18O. The van der Waals surface area contributed by atoms with E-state index in [1.165, 1.54) is 6.42 Å². The largest absolute Gasteiger partial charge is 0.392 e. The minimum Gasteiger partial charge on any atom is -0.392 e. The van der Waals surface area contributed by atoms with Crippen LogP contribution in [0.2, 0.25) is 0 Å². The topological polar surface area (TPSA) is 20.2 Å². The number of allylic oxidation sites excluding steroid dienone is 1. The highest BCUT2D eigenvalue weighted by Crippen LogP contribution is 2.31. The van der Waals surface area contributed by atoms with E-state index in [0.717, 1.165) is 30.4 Å². The standard InChI is InChI=1S/C11H18O/c1-8(2)9(3)10-6-4-5-7-11(10)12/h10-12H,1,3-7H2,2H3. The van der Waals surface area contributed by atoms with Crippen LogP contribution in [-0.4, -0.2) is 11.2 Å². The van der Waals surface area contributed by atoms with Gasteiger partial charge in [0.2, 0.25) is 0 Å². The average Bonchev–Trinajstić information content (AvgIpc) is 2.04. The maximum Gasteiger partial charge on any atom is 0.0608 e. The molecule has 1 nitrogen and oxygen atoms in total. The summed E-state index contributed by atoms with van der Waals surface area (Å²) in [7, 11) is 0. The highest BCUT2D eigenvalue weighted by atomic mass is 16.3. The summed E-state index contributed by atoms with van der Waals surface area (Å²) in [6.07, 6.45) is 4.20. The van der Waals surface area contributed by atoms with E-state index >= 15 is 0 Å². The van der Waals surface area contributed by atoms with Gasteiger partial charge in [-0.05, 0) is 25.3 Å². The van der Waals surface area contributed by atoms with Gasteiger partial charge < -0.3 is 5.11 Å². The van der Waals surface area contributed by atoms with Gasteiger partial charge in [0.25, 0.3) is 0 Å². The van der Waals surface area contributed by atoms with E-state index in [2.05, 4.69) is 13.2 Å². The molecule has 68 valence electrons. The number of aliphatic hydroxyl groups excluding tert-OH is 1. The number of aliphatic hydroxyl groups is 1. The Kier molecular flexibility index (Phi) is 3.10. The SMILES string of the molecule is C=C(C)C(=C)C1CCCCC1O. The molecule has 12 heavy (non-hydrogen) atoms. The molecule has 0 heterocycles. The molecule has 1 rings (SSSR count). The molecule has 1 N–H and O–H groups in total.